The van der Waals surface area contributed by atoms with Crippen molar-refractivity contribution in [3.05, 3.63) is 226 Å². The second-order valence-electron chi connectivity index (χ2n) is 21.0. The van der Waals surface area contributed by atoms with Crippen molar-refractivity contribution in [2.24, 2.45) is 0 Å². The summed E-state index contributed by atoms with van der Waals surface area (Å²) in [5.74, 6) is 0.398. The molecule has 0 saturated heterocycles. The summed E-state index contributed by atoms with van der Waals surface area (Å²) in [6.07, 6.45) is 0. The SMILES string of the molecule is CC1(C)c2ccccc2-c2cc3c4ccccc4n(-c4c(C#N)cc(-c5cc(-c6cc(C#N)c(-n7c8ccccc8c8cc9c(cc87)C(C)(C)c7ccccc7-9)c(C#N)c6)nc(-c6ccccc6)n5)cc4C#N)c3cc21. The highest BCUT2D eigenvalue weighted by Gasteiger charge is 2.38. The molecule has 354 valence electrons. The normalized spacial score (nSPS) is 13.4. The summed E-state index contributed by atoms with van der Waals surface area (Å²) in [6, 6.07) is 71.0. The molecule has 2 aliphatic carbocycles. The number of hydrogen-bond acceptors (Lipinski definition) is 6. The van der Waals surface area contributed by atoms with Crippen LogP contribution in [0.4, 0.5) is 0 Å². The van der Waals surface area contributed by atoms with Gasteiger partial charge in [0.25, 0.3) is 0 Å². The molecule has 0 fully saturated rings. The molecule has 14 rings (SSSR count). The van der Waals surface area contributed by atoms with Crippen LogP contribution in [0.25, 0.3) is 111 Å². The number of para-hydroxylation sites is 2. The summed E-state index contributed by atoms with van der Waals surface area (Å²) >= 11 is 0. The number of aromatic nitrogens is 4. The molecule has 0 atom stereocenters. The van der Waals surface area contributed by atoms with E-state index >= 15 is 0 Å². The molecule has 0 unspecified atom stereocenters. The van der Waals surface area contributed by atoms with Crippen molar-refractivity contribution in [1.29, 1.82) is 21.0 Å². The smallest absolute Gasteiger partial charge is 0.160 e. The van der Waals surface area contributed by atoms with Crippen LogP contribution in [0.3, 0.4) is 0 Å². The molecule has 8 nitrogen and oxygen atoms in total. The van der Waals surface area contributed by atoms with Gasteiger partial charge in [0.05, 0.1) is 67.1 Å². The summed E-state index contributed by atoms with van der Waals surface area (Å²) in [4.78, 5) is 10.2. The van der Waals surface area contributed by atoms with Crippen molar-refractivity contribution < 1.29 is 0 Å². The standard InChI is InChI=1S/C68H42N8/c1-67(2)54-22-12-8-18-46(54)50-30-52-48-20-10-14-24-60(48)75(62(52)32-56(50)67)64-42(35-69)26-40(27-43(64)36-70)58-34-59(74-66(73-58)39-16-6-5-7-17-39)41-28-44(37-71)65(45(29-41)38-72)76-61-25-15-11-21-49(61)53-31-51-47-19-9-13-23-55(47)68(3,4)57(51)33-63(53)76/h5-34H,1-4H3. The number of nitrogens with zero attached hydrogens (tertiary/aromatic N) is 8. The van der Waals surface area contributed by atoms with Gasteiger partial charge in [0.1, 0.15) is 24.3 Å². The van der Waals surface area contributed by atoms with Crippen LogP contribution in [-0.2, 0) is 10.8 Å². The van der Waals surface area contributed by atoms with Crippen LogP contribution < -0.4 is 0 Å². The molecule has 9 aromatic carbocycles. The second kappa shape index (κ2) is 16.1. The van der Waals surface area contributed by atoms with E-state index in [1.165, 1.54) is 44.5 Å². The van der Waals surface area contributed by atoms with E-state index < -0.39 is 0 Å². The maximum Gasteiger partial charge on any atom is 0.160 e. The molecule has 12 aromatic rings. The molecule has 76 heavy (non-hydrogen) atoms. The minimum Gasteiger partial charge on any atom is -0.307 e. The summed E-state index contributed by atoms with van der Waals surface area (Å²) < 4.78 is 4.15. The number of benzene rings is 9. The van der Waals surface area contributed by atoms with E-state index in [0.29, 0.717) is 62.0 Å². The average molecular weight is 971 g/mol. The Morgan fingerprint density at radius 1 is 0.342 bits per heavy atom. The molecule has 0 N–H and O–H groups in total. The highest BCUT2D eigenvalue weighted by atomic mass is 15.0. The lowest BCUT2D eigenvalue weighted by Gasteiger charge is -2.22. The predicted molar refractivity (Wildman–Crippen MR) is 301 cm³/mol. The minimum atomic E-state index is -0.277. The van der Waals surface area contributed by atoms with Gasteiger partial charge in [-0.25, -0.2) is 9.97 Å². The molecule has 0 amide bonds. The highest BCUT2D eigenvalue weighted by molar-refractivity contribution is 6.13. The molecule has 3 heterocycles. The van der Waals surface area contributed by atoms with Crippen LogP contribution in [0.1, 0.15) is 72.2 Å². The Morgan fingerprint density at radius 2 is 0.724 bits per heavy atom. The molecule has 0 aliphatic heterocycles. The Bertz CT molecular complexity index is 4400. The van der Waals surface area contributed by atoms with Crippen molar-refractivity contribution in [1.82, 2.24) is 19.1 Å². The van der Waals surface area contributed by atoms with Crippen LogP contribution in [0, 0.1) is 45.3 Å². The predicted octanol–water partition coefficient (Wildman–Crippen LogP) is 15.8. The van der Waals surface area contributed by atoms with Crippen molar-refractivity contribution in [2.45, 2.75) is 38.5 Å². The number of hydrogen-bond donors (Lipinski definition) is 0. The first-order valence-corrected chi connectivity index (χ1v) is 25.3. The van der Waals surface area contributed by atoms with Gasteiger partial charge in [0.2, 0.25) is 0 Å². The average Bonchev–Trinajstić information content (AvgIpc) is 4.25. The van der Waals surface area contributed by atoms with E-state index in [1.807, 2.05) is 72.8 Å². The van der Waals surface area contributed by atoms with E-state index in [-0.39, 0.29) is 10.8 Å². The number of fused-ring (bicyclic) bond motifs is 12. The van der Waals surface area contributed by atoms with Gasteiger partial charge >= 0.3 is 0 Å². The fraction of sp³-hybridized carbons (Fsp3) is 0.0882. The Labute approximate surface area is 438 Å². The van der Waals surface area contributed by atoms with Crippen LogP contribution in [-0.4, -0.2) is 19.1 Å². The van der Waals surface area contributed by atoms with E-state index in [4.69, 9.17) is 9.97 Å². The van der Waals surface area contributed by atoms with Crippen LogP contribution in [0.2, 0.25) is 0 Å². The molecule has 0 radical (unpaired) electrons. The lowest BCUT2D eigenvalue weighted by atomic mass is 9.82. The topological polar surface area (TPSA) is 131 Å². The Balaban J connectivity index is 0.957. The van der Waals surface area contributed by atoms with Gasteiger partial charge in [-0.1, -0.05) is 143 Å². The van der Waals surface area contributed by atoms with E-state index in [1.54, 1.807) is 24.3 Å². The van der Waals surface area contributed by atoms with Gasteiger partial charge in [0, 0.05) is 49.1 Å². The van der Waals surface area contributed by atoms with Crippen molar-refractivity contribution in [3.63, 3.8) is 0 Å². The first-order chi connectivity index (χ1) is 37.0. The largest absolute Gasteiger partial charge is 0.307 e. The van der Waals surface area contributed by atoms with Gasteiger partial charge in [-0.05, 0) is 111 Å². The highest BCUT2D eigenvalue weighted by Crippen LogP contribution is 2.53. The van der Waals surface area contributed by atoms with Gasteiger partial charge in [0.15, 0.2) is 5.82 Å². The van der Waals surface area contributed by atoms with Gasteiger partial charge < -0.3 is 9.13 Å². The second-order valence-corrected chi connectivity index (χ2v) is 21.0. The molecular weight excluding hydrogens is 929 g/mol. The molecular formula is C68H42N8. The first-order valence-electron chi connectivity index (χ1n) is 25.3. The zero-order valence-electron chi connectivity index (χ0n) is 41.9. The molecule has 0 bridgehead atoms. The van der Waals surface area contributed by atoms with Crippen LogP contribution >= 0.6 is 0 Å². The van der Waals surface area contributed by atoms with Crippen molar-refractivity contribution in [2.75, 3.05) is 0 Å². The molecule has 0 spiro atoms. The van der Waals surface area contributed by atoms with E-state index in [0.717, 1.165) is 49.2 Å². The Kier molecular flexibility index (Phi) is 9.37. The summed E-state index contributed by atoms with van der Waals surface area (Å²) in [7, 11) is 0. The van der Waals surface area contributed by atoms with Crippen molar-refractivity contribution in [3.8, 4) is 91.8 Å². The fourth-order valence-corrected chi connectivity index (χ4v) is 12.7. The molecule has 8 heteroatoms. The Hall–Kier alpha value is -10.4. The maximum atomic E-state index is 11.2. The summed E-state index contributed by atoms with van der Waals surface area (Å²) in [5.41, 5.74) is 17.6. The number of rotatable bonds is 5. The Morgan fingerprint density at radius 3 is 1.14 bits per heavy atom. The zero-order chi connectivity index (χ0) is 51.8. The third kappa shape index (κ3) is 6.14. The van der Waals surface area contributed by atoms with Gasteiger partial charge in [-0.15, -0.1) is 0 Å². The van der Waals surface area contributed by atoms with Gasteiger partial charge in [-0.2, -0.15) is 21.0 Å². The third-order valence-electron chi connectivity index (χ3n) is 16.3. The van der Waals surface area contributed by atoms with E-state index in [9.17, 15) is 21.0 Å². The molecule has 2 aliphatic rings. The lowest BCUT2D eigenvalue weighted by Crippen LogP contribution is -2.15. The summed E-state index contributed by atoms with van der Waals surface area (Å²) in [5, 5.41) is 48.8. The maximum absolute atomic E-state index is 11.2. The van der Waals surface area contributed by atoms with Gasteiger partial charge in [-0.3, -0.25) is 0 Å². The zero-order valence-corrected chi connectivity index (χ0v) is 41.9. The monoisotopic (exact) mass is 970 g/mol. The van der Waals surface area contributed by atoms with Crippen molar-refractivity contribution >= 4 is 43.6 Å². The first kappa shape index (κ1) is 44.3. The number of nitriles is 4. The third-order valence-corrected chi connectivity index (χ3v) is 16.3. The lowest BCUT2D eigenvalue weighted by molar-refractivity contribution is 0.661. The van der Waals surface area contributed by atoms with Crippen LogP contribution in [0.5, 0.6) is 0 Å². The molecule has 0 saturated carbocycles. The quantitative estimate of drug-likeness (QED) is 0.169. The summed E-state index contributed by atoms with van der Waals surface area (Å²) in [6.45, 7) is 9.00. The fourth-order valence-electron chi connectivity index (χ4n) is 12.7. The van der Waals surface area contributed by atoms with E-state index in [2.05, 4.69) is 146 Å². The van der Waals surface area contributed by atoms with Crippen LogP contribution in [0.15, 0.2) is 182 Å². The minimum absolute atomic E-state index is 0.277. The molecule has 3 aromatic heterocycles.